The molecule has 0 unspecified atom stereocenters. The number of thiophene rings is 1. The van der Waals surface area contributed by atoms with Crippen LogP contribution >= 0.6 is 23.6 Å². The van der Waals surface area contributed by atoms with Crippen molar-refractivity contribution < 1.29 is 0 Å². The molecule has 0 saturated carbocycles. The Morgan fingerprint density at radius 2 is 1.94 bits per heavy atom. The van der Waals surface area contributed by atoms with E-state index in [0.29, 0.717) is 5.11 Å². The zero-order chi connectivity index (χ0) is 12.8. The lowest BCUT2D eigenvalue weighted by molar-refractivity contribution is 1.04. The Morgan fingerprint density at radius 1 is 1.17 bits per heavy atom. The van der Waals surface area contributed by atoms with Crippen LogP contribution in [0.25, 0.3) is 0 Å². The van der Waals surface area contributed by atoms with Gasteiger partial charge in [0, 0.05) is 10.6 Å². The van der Waals surface area contributed by atoms with Crippen LogP contribution in [0.15, 0.2) is 52.9 Å². The molecule has 1 aromatic carbocycles. The Morgan fingerprint density at radius 3 is 2.61 bits per heavy atom. The van der Waals surface area contributed by atoms with Gasteiger partial charge in [0.05, 0.1) is 5.71 Å². The first kappa shape index (κ1) is 12.7. The lowest BCUT2D eigenvalue weighted by atomic mass is 10.3. The van der Waals surface area contributed by atoms with E-state index in [1.165, 1.54) is 0 Å². The molecule has 0 aliphatic rings. The third-order valence-electron chi connectivity index (χ3n) is 2.23. The molecule has 0 amide bonds. The molecule has 0 aliphatic heterocycles. The summed E-state index contributed by atoms with van der Waals surface area (Å²) in [5, 5.41) is 9.80. The van der Waals surface area contributed by atoms with Gasteiger partial charge in [-0.3, -0.25) is 5.43 Å². The summed E-state index contributed by atoms with van der Waals surface area (Å²) >= 11 is 6.81. The standard InChI is InChI=1S/C13H13N3S2/c1-10(12-8-5-9-18-12)15-16-13(17)14-11-6-3-2-4-7-11/h2-9H,1H3,(H2,14,16,17)/b15-10-. The summed E-state index contributed by atoms with van der Waals surface area (Å²) in [6.45, 7) is 1.95. The second kappa shape index (κ2) is 6.28. The predicted octanol–water partition coefficient (Wildman–Crippen LogP) is 3.46. The van der Waals surface area contributed by atoms with E-state index in [1.54, 1.807) is 11.3 Å². The van der Waals surface area contributed by atoms with E-state index in [1.807, 2.05) is 54.8 Å². The molecule has 0 aliphatic carbocycles. The molecule has 5 heteroatoms. The second-order valence-corrected chi connectivity index (χ2v) is 4.96. The summed E-state index contributed by atoms with van der Waals surface area (Å²) in [5.41, 5.74) is 4.70. The predicted molar refractivity (Wildman–Crippen MR) is 82.3 cm³/mol. The average Bonchev–Trinajstić information content (AvgIpc) is 2.91. The fourth-order valence-corrected chi connectivity index (χ4v) is 2.20. The molecule has 92 valence electrons. The van der Waals surface area contributed by atoms with Gasteiger partial charge in [-0.1, -0.05) is 24.3 Å². The van der Waals surface area contributed by atoms with Crippen molar-refractivity contribution in [2.45, 2.75) is 6.92 Å². The first-order valence-electron chi connectivity index (χ1n) is 5.46. The smallest absolute Gasteiger partial charge is 0.191 e. The summed E-state index contributed by atoms with van der Waals surface area (Å²) in [5.74, 6) is 0. The normalized spacial score (nSPS) is 11.1. The first-order valence-corrected chi connectivity index (χ1v) is 6.75. The van der Waals surface area contributed by atoms with E-state index >= 15 is 0 Å². The van der Waals surface area contributed by atoms with Gasteiger partial charge in [0.15, 0.2) is 5.11 Å². The van der Waals surface area contributed by atoms with Crippen LogP contribution in [-0.4, -0.2) is 10.8 Å². The quantitative estimate of drug-likeness (QED) is 0.511. The molecule has 1 heterocycles. The summed E-state index contributed by atoms with van der Waals surface area (Å²) in [6, 6.07) is 13.8. The Balaban J connectivity index is 1.91. The number of hydrazone groups is 1. The highest BCUT2D eigenvalue weighted by Gasteiger charge is 1.99. The molecule has 0 fully saturated rings. The minimum absolute atomic E-state index is 0.483. The van der Waals surface area contributed by atoms with Gasteiger partial charge in [0.2, 0.25) is 0 Å². The number of nitrogens with zero attached hydrogens (tertiary/aromatic N) is 1. The number of hydrogen-bond donors (Lipinski definition) is 2. The number of hydrogen-bond acceptors (Lipinski definition) is 3. The summed E-state index contributed by atoms with van der Waals surface area (Å²) < 4.78 is 0. The van der Waals surface area contributed by atoms with Crippen LogP contribution in [0.3, 0.4) is 0 Å². The van der Waals surface area contributed by atoms with Crippen molar-refractivity contribution in [2.24, 2.45) is 5.10 Å². The molecule has 0 bridgehead atoms. The second-order valence-electron chi connectivity index (χ2n) is 3.61. The van der Waals surface area contributed by atoms with Gasteiger partial charge in [0.25, 0.3) is 0 Å². The minimum Gasteiger partial charge on any atom is -0.331 e. The fourth-order valence-electron chi connectivity index (χ4n) is 1.35. The largest absolute Gasteiger partial charge is 0.331 e. The van der Waals surface area contributed by atoms with Crippen molar-refractivity contribution in [1.29, 1.82) is 0 Å². The molecular weight excluding hydrogens is 262 g/mol. The van der Waals surface area contributed by atoms with E-state index < -0.39 is 0 Å². The zero-order valence-corrected chi connectivity index (χ0v) is 11.5. The van der Waals surface area contributed by atoms with Gasteiger partial charge < -0.3 is 5.32 Å². The van der Waals surface area contributed by atoms with Crippen molar-refractivity contribution in [2.75, 3.05) is 5.32 Å². The van der Waals surface area contributed by atoms with Gasteiger partial charge in [-0.2, -0.15) is 5.10 Å². The van der Waals surface area contributed by atoms with E-state index in [2.05, 4.69) is 15.8 Å². The van der Waals surface area contributed by atoms with Crippen molar-refractivity contribution in [1.82, 2.24) is 5.43 Å². The molecule has 2 N–H and O–H groups in total. The van der Waals surface area contributed by atoms with Crippen LogP contribution in [0, 0.1) is 0 Å². The van der Waals surface area contributed by atoms with Crippen molar-refractivity contribution in [3.8, 4) is 0 Å². The number of nitrogens with one attached hydrogen (secondary N) is 2. The van der Waals surface area contributed by atoms with Crippen LogP contribution in [-0.2, 0) is 0 Å². The summed E-state index contributed by atoms with van der Waals surface area (Å²) in [7, 11) is 0. The molecule has 0 atom stereocenters. The van der Waals surface area contributed by atoms with Crippen molar-refractivity contribution in [3.63, 3.8) is 0 Å². The average molecular weight is 275 g/mol. The van der Waals surface area contributed by atoms with Gasteiger partial charge in [-0.25, -0.2) is 0 Å². The SMILES string of the molecule is C/C(=N/NC(=S)Nc1ccccc1)c1cccs1. The Hall–Kier alpha value is -1.72. The molecule has 3 nitrogen and oxygen atoms in total. The Bertz CT molecular complexity index is 533. The highest BCUT2D eigenvalue weighted by Crippen LogP contribution is 2.09. The molecule has 18 heavy (non-hydrogen) atoms. The molecular formula is C13H13N3S2. The van der Waals surface area contributed by atoms with Gasteiger partial charge >= 0.3 is 0 Å². The Kier molecular flexibility index (Phi) is 4.44. The maximum Gasteiger partial charge on any atom is 0.191 e. The number of anilines is 1. The van der Waals surface area contributed by atoms with Gasteiger partial charge in [0.1, 0.15) is 0 Å². The van der Waals surface area contributed by atoms with E-state index in [9.17, 15) is 0 Å². The molecule has 0 saturated heterocycles. The maximum absolute atomic E-state index is 5.16. The van der Waals surface area contributed by atoms with Crippen LogP contribution in [0.5, 0.6) is 0 Å². The molecule has 2 rings (SSSR count). The molecule has 2 aromatic rings. The third kappa shape index (κ3) is 3.65. The number of rotatable bonds is 3. The lowest BCUT2D eigenvalue weighted by Gasteiger charge is -2.07. The van der Waals surface area contributed by atoms with Crippen molar-refractivity contribution >= 4 is 40.1 Å². The van der Waals surface area contributed by atoms with Gasteiger partial charge in [-0.15, -0.1) is 11.3 Å². The third-order valence-corrected chi connectivity index (χ3v) is 3.41. The number of thiocarbonyl (C=S) groups is 1. The van der Waals surface area contributed by atoms with E-state index in [0.717, 1.165) is 16.3 Å². The summed E-state index contributed by atoms with van der Waals surface area (Å²) in [6.07, 6.45) is 0. The summed E-state index contributed by atoms with van der Waals surface area (Å²) in [4.78, 5) is 1.13. The van der Waals surface area contributed by atoms with E-state index in [4.69, 9.17) is 12.2 Å². The van der Waals surface area contributed by atoms with E-state index in [-0.39, 0.29) is 0 Å². The monoisotopic (exact) mass is 275 g/mol. The molecule has 0 spiro atoms. The maximum atomic E-state index is 5.16. The topological polar surface area (TPSA) is 36.4 Å². The van der Waals surface area contributed by atoms with Crippen LogP contribution in [0.4, 0.5) is 5.69 Å². The Labute approximate surface area is 116 Å². The number of para-hydroxylation sites is 1. The minimum atomic E-state index is 0.483. The zero-order valence-electron chi connectivity index (χ0n) is 9.88. The van der Waals surface area contributed by atoms with Crippen molar-refractivity contribution in [3.05, 3.63) is 52.7 Å². The van der Waals surface area contributed by atoms with Gasteiger partial charge in [-0.05, 0) is 42.7 Å². The van der Waals surface area contributed by atoms with Crippen LogP contribution in [0.1, 0.15) is 11.8 Å². The molecule has 0 radical (unpaired) electrons. The molecule has 1 aromatic heterocycles. The highest BCUT2D eigenvalue weighted by atomic mass is 32.1. The highest BCUT2D eigenvalue weighted by molar-refractivity contribution is 7.80. The van der Waals surface area contributed by atoms with Crippen LogP contribution < -0.4 is 10.7 Å². The first-order chi connectivity index (χ1) is 8.75. The fraction of sp³-hybridized carbons (Fsp3) is 0.0769. The lowest BCUT2D eigenvalue weighted by Crippen LogP contribution is -2.24. The van der Waals surface area contributed by atoms with Crippen LogP contribution in [0.2, 0.25) is 0 Å². The number of benzene rings is 1.